The highest BCUT2D eigenvalue weighted by molar-refractivity contribution is 6.43. The number of hydrogen-bond acceptors (Lipinski definition) is 4. The second-order valence-electron chi connectivity index (χ2n) is 4.10. The Kier molecular flexibility index (Phi) is 2.67. The van der Waals surface area contributed by atoms with Crippen molar-refractivity contribution in [3.05, 3.63) is 45.4 Å². The molecule has 0 radical (unpaired) electrons. The van der Waals surface area contributed by atoms with E-state index in [-0.39, 0.29) is 21.2 Å². The Hall–Kier alpha value is -2.18. The lowest BCUT2D eigenvalue weighted by Gasteiger charge is -2.16. The van der Waals surface area contributed by atoms with Crippen LogP contribution < -0.4 is 5.01 Å². The zero-order valence-corrected chi connectivity index (χ0v) is 11.2. The highest BCUT2D eigenvalue weighted by Gasteiger charge is 2.39. The van der Waals surface area contributed by atoms with Gasteiger partial charge in [-0.05, 0) is 12.1 Å². The second kappa shape index (κ2) is 4.16. The van der Waals surface area contributed by atoms with E-state index < -0.39 is 23.6 Å². The van der Waals surface area contributed by atoms with Gasteiger partial charge in [0.25, 0.3) is 11.8 Å². The largest absolute Gasteiger partial charge is 0.493 e. The van der Waals surface area contributed by atoms with E-state index in [1.807, 2.05) is 0 Å². The van der Waals surface area contributed by atoms with Crippen molar-refractivity contribution in [3.63, 3.8) is 0 Å². The lowest BCUT2D eigenvalue weighted by molar-refractivity contribution is 0.0875. The van der Waals surface area contributed by atoms with E-state index in [9.17, 15) is 19.8 Å². The highest BCUT2D eigenvalue weighted by Crippen LogP contribution is 2.33. The summed E-state index contributed by atoms with van der Waals surface area (Å²) in [5, 5.41) is 20.1. The molecule has 0 spiro atoms. The van der Waals surface area contributed by atoms with Crippen molar-refractivity contribution >= 4 is 35.0 Å². The fourth-order valence-corrected chi connectivity index (χ4v) is 2.34. The minimum atomic E-state index is -0.717. The summed E-state index contributed by atoms with van der Waals surface area (Å²) in [6, 6.07) is 4.85. The third-order valence-electron chi connectivity index (χ3n) is 2.92. The van der Waals surface area contributed by atoms with E-state index in [0.717, 1.165) is 12.1 Å². The fourth-order valence-electron chi connectivity index (χ4n) is 2.02. The number of rotatable bonds is 1. The second-order valence-corrected chi connectivity index (χ2v) is 4.91. The number of nitrogens with zero attached hydrogens (tertiary/aromatic N) is 2. The van der Waals surface area contributed by atoms with E-state index in [4.69, 9.17) is 23.2 Å². The van der Waals surface area contributed by atoms with Crippen molar-refractivity contribution in [2.45, 2.75) is 0 Å². The maximum absolute atomic E-state index is 12.2. The highest BCUT2D eigenvalue weighted by atomic mass is 35.5. The normalized spacial score (nSPS) is 14.0. The first-order chi connectivity index (χ1) is 9.41. The summed E-state index contributed by atoms with van der Waals surface area (Å²) in [5.41, 5.74) is 0.105. The first-order valence-electron chi connectivity index (χ1n) is 5.39. The molecular formula is C12H6Cl2N2O4. The minimum Gasteiger partial charge on any atom is -0.493 e. The van der Waals surface area contributed by atoms with Crippen LogP contribution in [0.15, 0.2) is 24.3 Å². The Labute approximate surface area is 122 Å². The van der Waals surface area contributed by atoms with E-state index in [1.54, 1.807) is 0 Å². The molecule has 8 heteroatoms. The third kappa shape index (κ3) is 1.59. The number of amides is 2. The van der Waals surface area contributed by atoms with Crippen LogP contribution in [0.1, 0.15) is 20.7 Å². The van der Waals surface area contributed by atoms with Gasteiger partial charge in [-0.15, -0.1) is 0 Å². The smallest absolute Gasteiger partial charge is 0.281 e. The van der Waals surface area contributed by atoms with Crippen LogP contribution in [0, 0.1) is 0 Å². The molecule has 0 unspecified atom stereocenters. The molecule has 3 rings (SSSR count). The Bertz CT molecular complexity index is 709. The van der Waals surface area contributed by atoms with E-state index in [2.05, 4.69) is 0 Å². The van der Waals surface area contributed by atoms with Gasteiger partial charge in [0.1, 0.15) is 0 Å². The zero-order valence-electron chi connectivity index (χ0n) is 9.67. The van der Waals surface area contributed by atoms with Gasteiger partial charge in [-0.25, -0.2) is 0 Å². The summed E-state index contributed by atoms with van der Waals surface area (Å²) in [7, 11) is 0. The van der Waals surface area contributed by atoms with Crippen molar-refractivity contribution in [1.29, 1.82) is 0 Å². The molecule has 0 fully saturated rings. The number of benzene rings is 1. The molecule has 1 aliphatic rings. The molecule has 20 heavy (non-hydrogen) atoms. The Morgan fingerprint density at radius 2 is 1.25 bits per heavy atom. The standard InChI is InChI=1S/C12H6Cl2N2O4/c13-7-3-5-6(4-8(7)14)12(20)16(11(5)19)15-9(17)1-2-10(15)18/h1-4,17-18H. The van der Waals surface area contributed by atoms with Gasteiger partial charge in [0.2, 0.25) is 11.8 Å². The number of aromatic nitrogens is 1. The van der Waals surface area contributed by atoms with Crippen molar-refractivity contribution in [1.82, 2.24) is 4.68 Å². The molecule has 0 saturated carbocycles. The summed E-state index contributed by atoms with van der Waals surface area (Å²) in [6.07, 6.45) is 0. The van der Waals surface area contributed by atoms with Crippen molar-refractivity contribution in [2.75, 3.05) is 5.01 Å². The maximum Gasteiger partial charge on any atom is 0.281 e. The Morgan fingerprint density at radius 3 is 1.65 bits per heavy atom. The van der Waals surface area contributed by atoms with Gasteiger partial charge < -0.3 is 10.2 Å². The van der Waals surface area contributed by atoms with Gasteiger partial charge in [-0.1, -0.05) is 23.2 Å². The first kappa shape index (κ1) is 12.8. The van der Waals surface area contributed by atoms with Gasteiger partial charge in [0, 0.05) is 12.1 Å². The van der Waals surface area contributed by atoms with Crippen LogP contribution in [-0.2, 0) is 0 Å². The Morgan fingerprint density at radius 1 is 0.850 bits per heavy atom. The molecule has 2 amide bonds. The number of carbonyl (C=O) groups excluding carboxylic acids is 2. The molecular weight excluding hydrogens is 307 g/mol. The van der Waals surface area contributed by atoms with Gasteiger partial charge in [0.05, 0.1) is 21.2 Å². The molecule has 2 aromatic rings. The topological polar surface area (TPSA) is 82.8 Å². The lowest BCUT2D eigenvalue weighted by Crippen LogP contribution is -2.39. The van der Waals surface area contributed by atoms with Crippen molar-refractivity contribution in [3.8, 4) is 11.8 Å². The number of imide groups is 1. The lowest BCUT2D eigenvalue weighted by atomic mass is 10.1. The zero-order chi connectivity index (χ0) is 14.6. The molecule has 1 aromatic carbocycles. The average molecular weight is 313 g/mol. The summed E-state index contributed by atoms with van der Waals surface area (Å²) < 4.78 is 0.701. The predicted octanol–water partition coefficient (Wildman–Crippen LogP) is 2.14. The van der Waals surface area contributed by atoms with Crippen LogP contribution >= 0.6 is 23.2 Å². The quantitative estimate of drug-likeness (QED) is 0.790. The number of halogens is 2. The van der Waals surface area contributed by atoms with E-state index in [0.29, 0.717) is 9.69 Å². The molecule has 0 saturated heterocycles. The van der Waals surface area contributed by atoms with Gasteiger partial charge >= 0.3 is 0 Å². The fraction of sp³-hybridized carbons (Fsp3) is 0. The van der Waals surface area contributed by atoms with Gasteiger partial charge in [0.15, 0.2) is 0 Å². The summed E-state index contributed by atoms with van der Waals surface area (Å²) >= 11 is 11.6. The number of fused-ring (bicyclic) bond motifs is 1. The SMILES string of the molecule is O=C1c2cc(Cl)c(Cl)cc2C(=O)N1n1c(O)ccc1O. The third-order valence-corrected chi connectivity index (χ3v) is 3.64. The van der Waals surface area contributed by atoms with Gasteiger partial charge in [-0.3, -0.25) is 9.59 Å². The number of aromatic hydroxyl groups is 2. The van der Waals surface area contributed by atoms with Crippen molar-refractivity contribution in [2.24, 2.45) is 0 Å². The predicted molar refractivity (Wildman–Crippen MR) is 71.1 cm³/mol. The van der Waals surface area contributed by atoms with Crippen LogP contribution in [0.3, 0.4) is 0 Å². The molecule has 0 aliphatic carbocycles. The summed E-state index contributed by atoms with van der Waals surface area (Å²) in [4.78, 5) is 24.5. The molecule has 1 aromatic heterocycles. The molecule has 2 N–H and O–H groups in total. The van der Waals surface area contributed by atoms with Crippen LogP contribution in [-0.4, -0.2) is 26.7 Å². The molecule has 2 heterocycles. The Balaban J connectivity index is 2.20. The molecule has 102 valence electrons. The van der Waals surface area contributed by atoms with Crippen LogP contribution in [0.25, 0.3) is 0 Å². The monoisotopic (exact) mass is 312 g/mol. The number of carbonyl (C=O) groups is 2. The van der Waals surface area contributed by atoms with Crippen molar-refractivity contribution < 1.29 is 19.8 Å². The number of hydrogen-bond donors (Lipinski definition) is 2. The summed E-state index contributed by atoms with van der Waals surface area (Å²) in [5.74, 6) is -2.33. The molecule has 0 atom stereocenters. The molecule has 1 aliphatic heterocycles. The van der Waals surface area contributed by atoms with Gasteiger partial charge in [-0.2, -0.15) is 9.69 Å². The minimum absolute atomic E-state index is 0.0527. The van der Waals surface area contributed by atoms with E-state index in [1.165, 1.54) is 12.1 Å². The summed E-state index contributed by atoms with van der Waals surface area (Å²) in [6.45, 7) is 0. The maximum atomic E-state index is 12.2. The van der Waals surface area contributed by atoms with E-state index >= 15 is 0 Å². The average Bonchev–Trinajstić information content (AvgIpc) is 2.83. The molecule has 6 nitrogen and oxygen atoms in total. The van der Waals surface area contributed by atoms with Crippen LogP contribution in [0.5, 0.6) is 11.8 Å². The first-order valence-corrected chi connectivity index (χ1v) is 6.15. The van der Waals surface area contributed by atoms with Crippen LogP contribution in [0.2, 0.25) is 10.0 Å². The van der Waals surface area contributed by atoms with Crippen LogP contribution in [0.4, 0.5) is 0 Å². The molecule has 0 bridgehead atoms.